The van der Waals surface area contributed by atoms with Crippen LogP contribution in [0.2, 0.25) is 0 Å². The highest BCUT2D eigenvalue weighted by atomic mass is 16.6. The summed E-state index contributed by atoms with van der Waals surface area (Å²) in [6.45, 7) is 2.83. The van der Waals surface area contributed by atoms with Gasteiger partial charge in [-0.1, -0.05) is 0 Å². The third kappa shape index (κ3) is 5.63. The van der Waals surface area contributed by atoms with Crippen molar-refractivity contribution in [1.82, 2.24) is 0 Å². The van der Waals surface area contributed by atoms with Crippen LogP contribution in [0.1, 0.15) is 30.0 Å². The molecule has 0 aliphatic heterocycles. The maximum atomic E-state index is 12.0. The Hall–Kier alpha value is -3.75. The van der Waals surface area contributed by atoms with Gasteiger partial charge in [-0.05, 0) is 50.3 Å². The molecule has 0 aliphatic carbocycles. The van der Waals surface area contributed by atoms with E-state index < -0.39 is 28.8 Å². The second-order valence-corrected chi connectivity index (χ2v) is 5.47. The molecular weight excluding hydrogens is 356 g/mol. The van der Waals surface area contributed by atoms with Gasteiger partial charge < -0.3 is 14.5 Å². The van der Waals surface area contributed by atoms with E-state index in [2.05, 4.69) is 5.32 Å². The number of rotatable bonds is 7. The number of hydrogen-bond donors (Lipinski definition) is 1. The summed E-state index contributed by atoms with van der Waals surface area (Å²) in [4.78, 5) is 44.8. The third-order valence-electron chi connectivity index (χ3n) is 3.40. The molecule has 0 spiro atoms. The van der Waals surface area contributed by atoms with Crippen molar-refractivity contribution in [3.05, 3.63) is 63.9 Å². The molecule has 9 heteroatoms. The Labute approximate surface area is 153 Å². The molecule has 0 unspecified atom stereocenters. The Bertz CT molecular complexity index is 897. The molecule has 9 nitrogen and oxygen atoms in total. The van der Waals surface area contributed by atoms with Crippen molar-refractivity contribution >= 4 is 35.3 Å². The normalized spacial score (nSPS) is 11.8. The summed E-state index contributed by atoms with van der Waals surface area (Å²) in [6.07, 6.45) is 1.11. The van der Waals surface area contributed by atoms with Crippen LogP contribution in [-0.4, -0.2) is 28.7 Å². The average molecular weight is 372 g/mol. The van der Waals surface area contributed by atoms with Gasteiger partial charge in [0.15, 0.2) is 11.9 Å². The van der Waals surface area contributed by atoms with E-state index in [9.17, 15) is 24.5 Å². The van der Waals surface area contributed by atoms with Crippen LogP contribution < -0.4 is 5.32 Å². The minimum absolute atomic E-state index is 0.0937. The van der Waals surface area contributed by atoms with Crippen molar-refractivity contribution < 1.29 is 28.5 Å². The van der Waals surface area contributed by atoms with E-state index >= 15 is 0 Å². The second kappa shape index (κ2) is 8.56. The summed E-state index contributed by atoms with van der Waals surface area (Å²) in [5, 5.41) is 13.1. The lowest BCUT2D eigenvalue weighted by atomic mass is 10.1. The maximum absolute atomic E-state index is 12.0. The number of Topliss-reactive ketones (excluding diaryl/α,β-unsaturated/α-hetero) is 1. The molecule has 1 N–H and O–H groups in total. The molecule has 1 aromatic carbocycles. The standard InChI is InChI=1S/C18H16N2O7/c1-11(21)13-3-5-14(6-4-13)19-18(23)12(2)26-17(22)10-8-15-7-9-16(27-15)20(24)25/h3-10,12H,1-2H3,(H,19,23)/b10-8+/t12-/m0/s1. The lowest BCUT2D eigenvalue weighted by Crippen LogP contribution is -2.29. The number of carbonyl (C=O) groups is 3. The van der Waals surface area contributed by atoms with Gasteiger partial charge in [0.05, 0.1) is 6.07 Å². The highest BCUT2D eigenvalue weighted by molar-refractivity contribution is 5.98. The lowest BCUT2D eigenvalue weighted by molar-refractivity contribution is -0.402. The molecule has 140 valence electrons. The van der Waals surface area contributed by atoms with Gasteiger partial charge in [-0.15, -0.1) is 0 Å². The number of ether oxygens (including phenoxy) is 1. The number of furan rings is 1. The first kappa shape index (κ1) is 19.6. The van der Waals surface area contributed by atoms with E-state index in [1.165, 1.54) is 26.0 Å². The molecule has 2 aromatic rings. The Morgan fingerprint density at radius 3 is 2.41 bits per heavy atom. The Kier molecular flexibility index (Phi) is 6.21. The number of anilines is 1. The van der Waals surface area contributed by atoms with Crippen molar-refractivity contribution in [2.75, 3.05) is 5.32 Å². The van der Waals surface area contributed by atoms with Crippen LogP contribution in [0.3, 0.4) is 0 Å². The van der Waals surface area contributed by atoms with Gasteiger partial charge in [-0.2, -0.15) is 0 Å². The molecule has 27 heavy (non-hydrogen) atoms. The second-order valence-electron chi connectivity index (χ2n) is 5.47. The Morgan fingerprint density at radius 1 is 1.19 bits per heavy atom. The average Bonchev–Trinajstić information content (AvgIpc) is 3.09. The quantitative estimate of drug-likeness (QED) is 0.260. The number of benzene rings is 1. The molecule has 0 radical (unpaired) electrons. The summed E-state index contributed by atoms with van der Waals surface area (Å²) < 4.78 is 9.81. The SMILES string of the molecule is CC(=O)c1ccc(NC(=O)[C@H](C)OC(=O)/C=C/c2ccc([N+](=O)[O-])o2)cc1. The summed E-state index contributed by atoms with van der Waals surface area (Å²) in [5.74, 6) is -1.82. The molecule has 1 atom stereocenters. The van der Waals surface area contributed by atoms with Crippen molar-refractivity contribution in [1.29, 1.82) is 0 Å². The molecule has 1 aromatic heterocycles. The zero-order valence-corrected chi connectivity index (χ0v) is 14.5. The fourth-order valence-electron chi connectivity index (χ4n) is 1.98. The number of amides is 1. The predicted molar refractivity (Wildman–Crippen MR) is 95.0 cm³/mol. The zero-order valence-electron chi connectivity index (χ0n) is 14.5. The van der Waals surface area contributed by atoms with Crippen molar-refractivity contribution in [3.8, 4) is 0 Å². The maximum Gasteiger partial charge on any atom is 0.433 e. The minimum atomic E-state index is -1.08. The topological polar surface area (TPSA) is 129 Å². The monoisotopic (exact) mass is 372 g/mol. The molecule has 0 aliphatic rings. The smallest absolute Gasteiger partial charge is 0.433 e. The van der Waals surface area contributed by atoms with Gasteiger partial charge in [-0.25, -0.2) is 4.79 Å². The fourth-order valence-corrected chi connectivity index (χ4v) is 1.98. The van der Waals surface area contributed by atoms with Gasteiger partial charge in [0.1, 0.15) is 10.7 Å². The molecule has 0 saturated carbocycles. The highest BCUT2D eigenvalue weighted by Crippen LogP contribution is 2.16. The number of nitrogens with zero attached hydrogens (tertiary/aromatic N) is 1. The first-order valence-corrected chi connectivity index (χ1v) is 7.81. The third-order valence-corrected chi connectivity index (χ3v) is 3.40. The largest absolute Gasteiger partial charge is 0.449 e. The van der Waals surface area contributed by atoms with E-state index in [4.69, 9.17) is 9.15 Å². The van der Waals surface area contributed by atoms with Gasteiger partial charge in [-0.3, -0.25) is 19.7 Å². The van der Waals surface area contributed by atoms with Crippen LogP contribution in [0, 0.1) is 10.1 Å². The number of hydrogen-bond acceptors (Lipinski definition) is 7. The minimum Gasteiger partial charge on any atom is -0.449 e. The molecular formula is C18H16N2O7. The number of nitro groups is 1. The Morgan fingerprint density at radius 2 is 1.85 bits per heavy atom. The lowest BCUT2D eigenvalue weighted by Gasteiger charge is -2.12. The van der Waals surface area contributed by atoms with E-state index in [0.717, 1.165) is 12.1 Å². The van der Waals surface area contributed by atoms with Crippen molar-refractivity contribution in [3.63, 3.8) is 0 Å². The summed E-state index contributed by atoms with van der Waals surface area (Å²) in [7, 11) is 0. The predicted octanol–water partition coefficient (Wildman–Crippen LogP) is 2.97. The number of ketones is 1. The number of carbonyl (C=O) groups excluding carboxylic acids is 3. The van der Waals surface area contributed by atoms with Crippen molar-refractivity contribution in [2.45, 2.75) is 20.0 Å². The molecule has 2 rings (SSSR count). The van der Waals surface area contributed by atoms with Crippen LogP contribution in [0.25, 0.3) is 6.08 Å². The van der Waals surface area contributed by atoms with Crippen LogP contribution in [0.5, 0.6) is 0 Å². The summed E-state index contributed by atoms with van der Waals surface area (Å²) in [6, 6.07) is 8.74. The Balaban J connectivity index is 1.88. The van der Waals surface area contributed by atoms with Gasteiger partial charge in [0.2, 0.25) is 0 Å². The van der Waals surface area contributed by atoms with Gasteiger partial charge >= 0.3 is 11.9 Å². The summed E-state index contributed by atoms with van der Waals surface area (Å²) in [5.41, 5.74) is 0.960. The fraction of sp³-hybridized carbons (Fsp3) is 0.167. The van der Waals surface area contributed by atoms with Crippen LogP contribution in [0.15, 0.2) is 46.9 Å². The number of nitrogens with one attached hydrogen (secondary N) is 1. The number of esters is 1. The van der Waals surface area contributed by atoms with E-state index in [1.807, 2.05) is 0 Å². The zero-order chi connectivity index (χ0) is 20.0. The van der Waals surface area contributed by atoms with Crippen LogP contribution >= 0.6 is 0 Å². The molecule has 0 fully saturated rings. The van der Waals surface area contributed by atoms with Gasteiger partial charge in [0, 0.05) is 17.3 Å². The van der Waals surface area contributed by atoms with E-state index in [0.29, 0.717) is 11.3 Å². The van der Waals surface area contributed by atoms with Crippen molar-refractivity contribution in [2.24, 2.45) is 0 Å². The first-order valence-electron chi connectivity index (χ1n) is 7.81. The first-order chi connectivity index (χ1) is 12.8. The van der Waals surface area contributed by atoms with Crippen LogP contribution in [-0.2, 0) is 14.3 Å². The molecule has 1 amide bonds. The van der Waals surface area contributed by atoms with Crippen LogP contribution in [0.4, 0.5) is 11.6 Å². The molecule has 1 heterocycles. The molecule has 0 bridgehead atoms. The molecule has 0 saturated heterocycles. The van der Waals surface area contributed by atoms with Gasteiger partial charge in [0.25, 0.3) is 5.91 Å². The van der Waals surface area contributed by atoms with E-state index in [-0.39, 0.29) is 11.5 Å². The highest BCUT2D eigenvalue weighted by Gasteiger charge is 2.17. The van der Waals surface area contributed by atoms with E-state index in [1.54, 1.807) is 24.3 Å². The summed E-state index contributed by atoms with van der Waals surface area (Å²) >= 11 is 0.